The van der Waals surface area contributed by atoms with Crippen LogP contribution in [-0.4, -0.2) is 34.2 Å². The number of carbonyl (C=O) groups is 1. The predicted molar refractivity (Wildman–Crippen MR) is 122 cm³/mol. The molecule has 0 fully saturated rings. The monoisotopic (exact) mass is 441 g/mol. The first kappa shape index (κ1) is 22.7. The second kappa shape index (κ2) is 10.4. The predicted octanol–water partition coefficient (Wildman–Crippen LogP) is 5.51. The van der Waals surface area contributed by atoms with Crippen molar-refractivity contribution in [1.29, 1.82) is 0 Å². The Morgan fingerprint density at radius 1 is 1.13 bits per heavy atom. The summed E-state index contributed by atoms with van der Waals surface area (Å²) in [5.74, 6) is 0.923. The van der Waals surface area contributed by atoms with E-state index in [0.29, 0.717) is 12.3 Å². The van der Waals surface area contributed by atoms with Gasteiger partial charge in [-0.3, -0.25) is 4.57 Å². The molecule has 0 aliphatic carbocycles. The summed E-state index contributed by atoms with van der Waals surface area (Å²) < 4.78 is 13.9. The maximum Gasteiger partial charge on any atom is 0.407 e. The van der Waals surface area contributed by atoms with Gasteiger partial charge in [-0.1, -0.05) is 56.3 Å². The molecule has 0 bridgehead atoms. The van der Waals surface area contributed by atoms with E-state index in [1.807, 2.05) is 63.2 Å². The maximum atomic E-state index is 12.3. The highest BCUT2D eigenvalue weighted by atomic mass is 35.5. The van der Waals surface area contributed by atoms with Crippen LogP contribution < -0.4 is 10.1 Å². The first-order valence-electron chi connectivity index (χ1n) is 10.2. The number of aromatic nitrogens is 2. The largest absolute Gasteiger partial charge is 0.466 e. The molecule has 0 saturated heterocycles. The Balaban J connectivity index is 1.90. The van der Waals surface area contributed by atoms with Gasteiger partial charge in [-0.15, -0.1) is 11.6 Å². The minimum Gasteiger partial charge on any atom is -0.466 e. The number of carbonyl (C=O) groups excluding carboxylic acids is 1. The van der Waals surface area contributed by atoms with E-state index >= 15 is 0 Å². The summed E-state index contributed by atoms with van der Waals surface area (Å²) in [6.07, 6.45) is 3.24. The molecule has 1 aromatic heterocycles. The number of hydrogen-bond donors (Lipinski definition) is 1. The van der Waals surface area contributed by atoms with Crippen LogP contribution in [0.25, 0.3) is 11.1 Å². The molecule has 2 atom stereocenters. The number of amides is 1. The fourth-order valence-corrected chi connectivity index (χ4v) is 3.33. The van der Waals surface area contributed by atoms with Crippen molar-refractivity contribution in [3.05, 3.63) is 73.3 Å². The van der Waals surface area contributed by atoms with E-state index in [1.54, 1.807) is 23.3 Å². The lowest BCUT2D eigenvalue weighted by Crippen LogP contribution is -2.46. The van der Waals surface area contributed by atoms with Gasteiger partial charge in [-0.2, -0.15) is 0 Å². The van der Waals surface area contributed by atoms with Gasteiger partial charge in [0.1, 0.15) is 5.75 Å². The zero-order valence-corrected chi connectivity index (χ0v) is 18.8. The van der Waals surface area contributed by atoms with Crippen LogP contribution in [0.5, 0.6) is 5.75 Å². The van der Waals surface area contributed by atoms with Crippen LogP contribution >= 0.6 is 11.6 Å². The molecule has 0 saturated carbocycles. The van der Waals surface area contributed by atoms with Gasteiger partial charge in [0.25, 0.3) is 0 Å². The highest BCUT2D eigenvalue weighted by Crippen LogP contribution is 2.35. The minimum absolute atomic E-state index is 0.276. The third-order valence-electron chi connectivity index (χ3n) is 4.97. The number of rotatable bonds is 9. The first-order chi connectivity index (χ1) is 14.9. The summed E-state index contributed by atoms with van der Waals surface area (Å²) in [7, 11) is 0. The number of ether oxygens (including phenoxy) is 2. The molecule has 3 aromatic rings. The van der Waals surface area contributed by atoms with Crippen LogP contribution in [0.15, 0.2) is 73.3 Å². The highest BCUT2D eigenvalue weighted by Gasteiger charge is 2.41. The quantitative estimate of drug-likeness (QED) is 0.445. The topological polar surface area (TPSA) is 65.4 Å². The van der Waals surface area contributed by atoms with Crippen molar-refractivity contribution in [1.82, 2.24) is 14.9 Å². The van der Waals surface area contributed by atoms with Crippen LogP contribution in [0.4, 0.5) is 4.79 Å². The molecule has 6 nitrogen and oxygen atoms in total. The fraction of sp³-hybridized carbons (Fsp3) is 0.333. The van der Waals surface area contributed by atoms with Crippen molar-refractivity contribution in [2.45, 2.75) is 33.1 Å². The first-order valence-corrected chi connectivity index (χ1v) is 10.8. The molecular weight excluding hydrogens is 414 g/mol. The van der Waals surface area contributed by atoms with Gasteiger partial charge in [0.15, 0.2) is 6.10 Å². The van der Waals surface area contributed by atoms with E-state index in [0.717, 1.165) is 11.1 Å². The maximum absolute atomic E-state index is 12.3. The lowest BCUT2D eigenvalue weighted by atomic mass is 9.87. The molecule has 1 N–H and O–H groups in total. The van der Waals surface area contributed by atoms with Gasteiger partial charge in [0.05, 0.1) is 6.33 Å². The Morgan fingerprint density at radius 3 is 2.39 bits per heavy atom. The Hall–Kier alpha value is -2.99. The van der Waals surface area contributed by atoms with Crippen molar-refractivity contribution in [2.75, 3.05) is 12.4 Å². The number of alkyl carbamates (subject to hydrolysis) is 1. The minimum atomic E-state index is -0.667. The molecule has 0 aliphatic rings. The van der Waals surface area contributed by atoms with Gasteiger partial charge >= 0.3 is 6.09 Å². The van der Waals surface area contributed by atoms with Gasteiger partial charge in [0, 0.05) is 30.2 Å². The second-order valence-electron chi connectivity index (χ2n) is 7.89. The molecule has 7 heteroatoms. The summed E-state index contributed by atoms with van der Waals surface area (Å²) in [5, 5.41) is 2.68. The average molecular weight is 442 g/mol. The summed E-state index contributed by atoms with van der Waals surface area (Å²) in [5.41, 5.74) is 1.65. The van der Waals surface area contributed by atoms with E-state index in [-0.39, 0.29) is 5.88 Å². The van der Waals surface area contributed by atoms with Crippen LogP contribution in [0.3, 0.4) is 0 Å². The smallest absolute Gasteiger partial charge is 0.407 e. The summed E-state index contributed by atoms with van der Waals surface area (Å²) in [6, 6.07) is 17.9. The summed E-state index contributed by atoms with van der Waals surface area (Å²) >= 11 is 6.25. The van der Waals surface area contributed by atoms with Crippen LogP contribution in [0.1, 0.15) is 27.0 Å². The van der Waals surface area contributed by atoms with Crippen LogP contribution in [0.2, 0.25) is 0 Å². The lowest BCUT2D eigenvalue weighted by molar-refractivity contribution is -0.0730. The van der Waals surface area contributed by atoms with Crippen LogP contribution in [-0.2, 0) is 4.74 Å². The van der Waals surface area contributed by atoms with E-state index in [2.05, 4.69) is 22.4 Å². The number of halogens is 1. The van der Waals surface area contributed by atoms with Crippen molar-refractivity contribution >= 4 is 17.7 Å². The van der Waals surface area contributed by atoms with Crippen LogP contribution in [0, 0.1) is 5.41 Å². The van der Waals surface area contributed by atoms with E-state index in [1.165, 1.54) is 0 Å². The van der Waals surface area contributed by atoms with Crippen molar-refractivity contribution in [3.63, 3.8) is 0 Å². The second-order valence-corrected chi connectivity index (χ2v) is 8.15. The fourth-order valence-electron chi connectivity index (χ4n) is 3.18. The van der Waals surface area contributed by atoms with Gasteiger partial charge < -0.3 is 14.8 Å². The Morgan fingerprint density at radius 2 is 1.81 bits per heavy atom. The number of hydrogen-bond acceptors (Lipinski definition) is 4. The Bertz CT molecular complexity index is 944. The number of nitrogens with zero attached hydrogens (tertiary/aromatic N) is 2. The number of benzene rings is 2. The third kappa shape index (κ3) is 5.79. The Kier molecular flexibility index (Phi) is 7.58. The van der Waals surface area contributed by atoms with E-state index in [4.69, 9.17) is 21.1 Å². The van der Waals surface area contributed by atoms with Gasteiger partial charge in [-0.25, -0.2) is 9.78 Å². The van der Waals surface area contributed by atoms with Gasteiger partial charge in [0.2, 0.25) is 6.23 Å². The zero-order valence-electron chi connectivity index (χ0n) is 18.0. The lowest BCUT2D eigenvalue weighted by Gasteiger charge is -2.37. The SMILES string of the molecule is CCNC(=O)OC(C(Oc1ccc(-c2ccccc2)cc1)n1ccnc1)C(C)(C)CCl. The number of imidazole rings is 1. The van der Waals surface area contributed by atoms with Crippen molar-refractivity contribution < 1.29 is 14.3 Å². The summed E-state index contributed by atoms with van der Waals surface area (Å²) in [6.45, 7) is 6.18. The number of nitrogens with one attached hydrogen (secondary N) is 1. The standard InChI is InChI=1S/C24H28ClN3O3/c1-4-27-23(29)31-21(24(2,3)16-25)22(28-15-14-26-17-28)30-20-12-10-19(11-13-20)18-8-6-5-7-9-18/h5-15,17,21-22H,4,16H2,1-3H3,(H,27,29). The molecule has 31 heavy (non-hydrogen) atoms. The van der Waals surface area contributed by atoms with Crippen molar-refractivity contribution in [3.8, 4) is 16.9 Å². The molecule has 164 valence electrons. The molecule has 0 radical (unpaired) electrons. The van der Waals surface area contributed by atoms with E-state index in [9.17, 15) is 4.79 Å². The highest BCUT2D eigenvalue weighted by molar-refractivity contribution is 6.18. The van der Waals surface area contributed by atoms with E-state index < -0.39 is 23.8 Å². The average Bonchev–Trinajstić information content (AvgIpc) is 3.32. The molecule has 2 unspecified atom stereocenters. The Labute approximate surface area is 188 Å². The normalized spacial score (nSPS) is 13.3. The molecule has 2 aromatic carbocycles. The molecular formula is C24H28ClN3O3. The molecule has 1 heterocycles. The molecule has 0 aliphatic heterocycles. The number of alkyl halides is 1. The van der Waals surface area contributed by atoms with Gasteiger partial charge in [-0.05, 0) is 30.2 Å². The van der Waals surface area contributed by atoms with Crippen molar-refractivity contribution in [2.24, 2.45) is 5.41 Å². The zero-order chi connectivity index (χ0) is 22.3. The third-order valence-corrected chi connectivity index (χ3v) is 5.65. The molecule has 0 spiro atoms. The molecule has 1 amide bonds. The summed E-state index contributed by atoms with van der Waals surface area (Å²) in [4.78, 5) is 16.4. The molecule has 3 rings (SSSR count).